The van der Waals surface area contributed by atoms with E-state index in [1.165, 1.54) is 0 Å². The average Bonchev–Trinajstić information content (AvgIpc) is 3.24. The normalized spacial score (nSPS) is 12.6. The van der Waals surface area contributed by atoms with Crippen LogP contribution in [0.15, 0.2) is 42.6 Å². The summed E-state index contributed by atoms with van der Waals surface area (Å²) in [6.45, 7) is 2.43. The van der Waals surface area contributed by atoms with Crippen molar-refractivity contribution in [3.63, 3.8) is 0 Å². The Hall–Kier alpha value is -2.82. The highest BCUT2D eigenvalue weighted by Gasteiger charge is 2.17. The number of aryl methyl sites for hydroxylation is 1. The van der Waals surface area contributed by atoms with Crippen LogP contribution in [-0.4, -0.2) is 22.0 Å². The lowest BCUT2D eigenvalue weighted by atomic mass is 10.0. The van der Waals surface area contributed by atoms with E-state index in [-0.39, 0.29) is 6.79 Å². The van der Waals surface area contributed by atoms with E-state index in [1.54, 1.807) is 0 Å². The van der Waals surface area contributed by atoms with Crippen molar-refractivity contribution in [3.8, 4) is 34.0 Å². The Morgan fingerprint density at radius 2 is 2.04 bits per heavy atom. The second-order valence-corrected chi connectivity index (χ2v) is 5.49. The van der Waals surface area contributed by atoms with Gasteiger partial charge in [-0.05, 0) is 36.2 Å². The van der Waals surface area contributed by atoms with Gasteiger partial charge in [-0.3, -0.25) is 10.1 Å². The van der Waals surface area contributed by atoms with Gasteiger partial charge in [0.25, 0.3) is 0 Å². The average molecular weight is 307 g/mol. The Balaban J connectivity index is 1.75. The number of ether oxygens (including phenoxy) is 2. The second-order valence-electron chi connectivity index (χ2n) is 5.49. The molecule has 0 saturated carbocycles. The van der Waals surface area contributed by atoms with Gasteiger partial charge in [-0.1, -0.05) is 25.5 Å². The maximum Gasteiger partial charge on any atom is 0.231 e. The number of hydrogen-bond donors (Lipinski definition) is 1. The predicted octanol–water partition coefficient (Wildman–Crippen LogP) is 3.82. The fraction of sp³-hybridized carbons (Fsp3) is 0.222. The molecule has 4 rings (SSSR count). The largest absolute Gasteiger partial charge is 0.454 e. The molecule has 3 heterocycles. The first-order valence-corrected chi connectivity index (χ1v) is 7.75. The van der Waals surface area contributed by atoms with Gasteiger partial charge in [0, 0.05) is 11.3 Å². The van der Waals surface area contributed by atoms with Crippen LogP contribution in [0, 0.1) is 0 Å². The summed E-state index contributed by atoms with van der Waals surface area (Å²) >= 11 is 0. The van der Waals surface area contributed by atoms with Gasteiger partial charge in [0.05, 0.1) is 17.6 Å². The summed E-state index contributed by atoms with van der Waals surface area (Å²) in [7, 11) is 0. The Bertz CT molecular complexity index is 842. The number of hydrogen-bond acceptors (Lipinski definition) is 4. The summed E-state index contributed by atoms with van der Waals surface area (Å²) < 4.78 is 10.8. The Kier molecular flexibility index (Phi) is 3.46. The first kappa shape index (κ1) is 13.8. The number of nitrogens with one attached hydrogen (secondary N) is 1. The summed E-state index contributed by atoms with van der Waals surface area (Å²) in [6.07, 6.45) is 3.87. The smallest absolute Gasteiger partial charge is 0.231 e. The van der Waals surface area contributed by atoms with Crippen LogP contribution in [0.4, 0.5) is 0 Å². The number of rotatable bonds is 4. The minimum Gasteiger partial charge on any atom is -0.454 e. The molecule has 5 heteroatoms. The Labute approximate surface area is 134 Å². The highest BCUT2D eigenvalue weighted by Crippen LogP contribution is 2.38. The molecule has 5 nitrogen and oxygen atoms in total. The lowest BCUT2D eigenvalue weighted by molar-refractivity contribution is 0.174. The molecule has 116 valence electrons. The van der Waals surface area contributed by atoms with Crippen molar-refractivity contribution in [2.75, 3.05) is 6.79 Å². The Morgan fingerprint density at radius 1 is 1.13 bits per heavy atom. The zero-order valence-electron chi connectivity index (χ0n) is 12.9. The summed E-state index contributed by atoms with van der Waals surface area (Å²) in [6, 6.07) is 12.0. The summed E-state index contributed by atoms with van der Waals surface area (Å²) in [5.74, 6) is 1.55. The minimum atomic E-state index is 0.275. The van der Waals surface area contributed by atoms with Crippen molar-refractivity contribution in [2.45, 2.75) is 19.8 Å². The lowest BCUT2D eigenvalue weighted by Crippen LogP contribution is -1.93. The molecule has 0 bridgehead atoms. The van der Waals surface area contributed by atoms with E-state index in [2.05, 4.69) is 23.2 Å². The number of pyridine rings is 1. The lowest BCUT2D eigenvalue weighted by Gasteiger charge is -2.06. The number of nitrogens with zero attached hydrogens (tertiary/aromatic N) is 2. The van der Waals surface area contributed by atoms with E-state index >= 15 is 0 Å². The molecule has 0 fully saturated rings. The fourth-order valence-electron chi connectivity index (χ4n) is 2.78. The summed E-state index contributed by atoms with van der Waals surface area (Å²) in [4.78, 5) is 4.74. The summed E-state index contributed by atoms with van der Waals surface area (Å²) in [5.41, 5.74) is 4.95. The van der Waals surface area contributed by atoms with E-state index in [0.29, 0.717) is 0 Å². The van der Waals surface area contributed by atoms with Crippen LogP contribution in [0.3, 0.4) is 0 Å². The van der Waals surface area contributed by atoms with Crippen LogP contribution < -0.4 is 9.47 Å². The van der Waals surface area contributed by atoms with Crippen LogP contribution in [0.5, 0.6) is 11.5 Å². The molecule has 0 radical (unpaired) electrons. The molecule has 1 aliphatic rings. The van der Waals surface area contributed by atoms with E-state index in [9.17, 15) is 0 Å². The number of aromatic amines is 1. The van der Waals surface area contributed by atoms with Crippen molar-refractivity contribution >= 4 is 0 Å². The molecular formula is C18H17N3O2. The van der Waals surface area contributed by atoms with E-state index in [0.717, 1.165) is 52.5 Å². The monoisotopic (exact) mass is 307 g/mol. The third-order valence-corrected chi connectivity index (χ3v) is 3.89. The van der Waals surface area contributed by atoms with Crippen molar-refractivity contribution in [2.24, 2.45) is 0 Å². The molecule has 0 saturated heterocycles. The first-order valence-electron chi connectivity index (χ1n) is 7.75. The van der Waals surface area contributed by atoms with Crippen LogP contribution in [0.25, 0.3) is 22.5 Å². The van der Waals surface area contributed by atoms with Crippen LogP contribution >= 0.6 is 0 Å². The number of benzene rings is 1. The second kappa shape index (κ2) is 5.76. The maximum atomic E-state index is 5.47. The van der Waals surface area contributed by atoms with Crippen molar-refractivity contribution in [3.05, 3.63) is 48.3 Å². The van der Waals surface area contributed by atoms with Gasteiger partial charge in [0.1, 0.15) is 0 Å². The van der Waals surface area contributed by atoms with E-state index < -0.39 is 0 Å². The van der Waals surface area contributed by atoms with Gasteiger partial charge in [0.15, 0.2) is 11.5 Å². The number of aromatic nitrogens is 3. The van der Waals surface area contributed by atoms with Crippen LogP contribution in [0.2, 0.25) is 0 Å². The topological polar surface area (TPSA) is 60.0 Å². The van der Waals surface area contributed by atoms with Crippen LogP contribution in [-0.2, 0) is 6.42 Å². The molecule has 0 spiro atoms. The Morgan fingerprint density at radius 3 is 2.96 bits per heavy atom. The molecule has 1 aliphatic heterocycles. The molecule has 0 aliphatic carbocycles. The number of fused-ring (bicyclic) bond motifs is 1. The molecule has 0 unspecified atom stereocenters. The third kappa shape index (κ3) is 2.54. The quantitative estimate of drug-likeness (QED) is 0.796. The van der Waals surface area contributed by atoms with Gasteiger partial charge in [-0.15, -0.1) is 0 Å². The van der Waals surface area contributed by atoms with Gasteiger partial charge in [0.2, 0.25) is 6.79 Å². The SMILES string of the molecule is CCCc1cccc(-c2[nH]ncc2-c2ccc3c(c2)OCO3)n1. The maximum absolute atomic E-state index is 5.47. The third-order valence-electron chi connectivity index (χ3n) is 3.89. The molecule has 0 atom stereocenters. The highest BCUT2D eigenvalue weighted by molar-refractivity contribution is 5.80. The zero-order valence-corrected chi connectivity index (χ0v) is 12.9. The van der Waals surface area contributed by atoms with Crippen LogP contribution in [0.1, 0.15) is 19.0 Å². The molecule has 1 N–H and O–H groups in total. The van der Waals surface area contributed by atoms with Crippen molar-refractivity contribution in [1.29, 1.82) is 0 Å². The predicted molar refractivity (Wildman–Crippen MR) is 87.4 cm³/mol. The first-order chi connectivity index (χ1) is 11.3. The highest BCUT2D eigenvalue weighted by atomic mass is 16.7. The fourth-order valence-corrected chi connectivity index (χ4v) is 2.78. The number of H-pyrrole nitrogens is 1. The molecular weight excluding hydrogens is 290 g/mol. The molecule has 1 aromatic carbocycles. The van der Waals surface area contributed by atoms with Gasteiger partial charge < -0.3 is 9.47 Å². The molecule has 23 heavy (non-hydrogen) atoms. The minimum absolute atomic E-state index is 0.275. The van der Waals surface area contributed by atoms with E-state index in [4.69, 9.17) is 14.5 Å². The molecule has 2 aromatic heterocycles. The van der Waals surface area contributed by atoms with Gasteiger partial charge >= 0.3 is 0 Å². The summed E-state index contributed by atoms with van der Waals surface area (Å²) in [5, 5.41) is 7.28. The van der Waals surface area contributed by atoms with Gasteiger partial charge in [-0.2, -0.15) is 5.10 Å². The van der Waals surface area contributed by atoms with Crippen molar-refractivity contribution < 1.29 is 9.47 Å². The molecule has 3 aromatic rings. The standard InChI is InChI=1S/C18H17N3O2/c1-2-4-13-5-3-6-15(20-13)18-14(10-19-21-18)12-7-8-16-17(9-12)23-11-22-16/h3,5-10H,2,4,11H2,1H3,(H,19,21). The van der Waals surface area contributed by atoms with Gasteiger partial charge in [-0.25, -0.2) is 0 Å². The van der Waals surface area contributed by atoms with E-state index in [1.807, 2.05) is 36.5 Å². The molecule has 0 amide bonds. The van der Waals surface area contributed by atoms with Crippen molar-refractivity contribution in [1.82, 2.24) is 15.2 Å². The zero-order chi connectivity index (χ0) is 15.6.